The number of hydrogen-bond acceptors (Lipinski definition) is 6. The molecule has 5 aliphatic rings. The largest absolute Gasteiger partial charge is 0.481 e. The van der Waals surface area contributed by atoms with Crippen LogP contribution in [0.25, 0.3) is 0 Å². The molecule has 0 bridgehead atoms. The van der Waals surface area contributed by atoms with Crippen molar-refractivity contribution in [3.63, 3.8) is 0 Å². The molecule has 1 aliphatic heterocycles. The second-order valence-corrected chi connectivity index (χ2v) is 13.4. The molecular formula is C24H38O7S. The van der Waals surface area contributed by atoms with Gasteiger partial charge in [0.2, 0.25) is 0 Å². The first-order valence-electron chi connectivity index (χ1n) is 12.4. The first-order chi connectivity index (χ1) is 15.0. The quantitative estimate of drug-likeness (QED) is 0.453. The van der Waals surface area contributed by atoms with E-state index in [2.05, 4.69) is 13.8 Å². The molecule has 4 saturated carbocycles. The molecule has 5 fully saturated rings. The zero-order valence-corrected chi connectivity index (χ0v) is 20.2. The summed E-state index contributed by atoms with van der Waals surface area (Å²) in [7, 11) is -3.48. The fourth-order valence-electron chi connectivity index (χ4n) is 8.89. The topological polar surface area (TPSA) is 113 Å². The van der Waals surface area contributed by atoms with Crippen molar-refractivity contribution in [2.24, 2.45) is 40.9 Å². The number of fused-ring (bicyclic) bond motifs is 4. The van der Waals surface area contributed by atoms with Crippen molar-refractivity contribution in [1.82, 2.24) is 0 Å². The normalized spacial score (nSPS) is 50.5. The number of aliphatic carboxylic acids is 1. The summed E-state index contributed by atoms with van der Waals surface area (Å²) >= 11 is 0. The molecule has 7 nitrogen and oxygen atoms in total. The highest BCUT2D eigenvalue weighted by Gasteiger charge is 2.76. The summed E-state index contributed by atoms with van der Waals surface area (Å²) in [5.41, 5.74) is -0.0771. The molecule has 0 aromatic carbocycles. The van der Waals surface area contributed by atoms with Crippen molar-refractivity contribution >= 4 is 16.1 Å². The van der Waals surface area contributed by atoms with Crippen molar-refractivity contribution in [2.75, 3.05) is 6.26 Å². The molecule has 4 aliphatic carbocycles. The van der Waals surface area contributed by atoms with Gasteiger partial charge in [-0.25, -0.2) is 0 Å². The van der Waals surface area contributed by atoms with Gasteiger partial charge >= 0.3 is 5.97 Å². The van der Waals surface area contributed by atoms with Gasteiger partial charge in [0, 0.05) is 6.42 Å². The van der Waals surface area contributed by atoms with Crippen molar-refractivity contribution in [1.29, 1.82) is 0 Å². The summed E-state index contributed by atoms with van der Waals surface area (Å²) in [6, 6.07) is 0. The first-order valence-corrected chi connectivity index (χ1v) is 14.2. The van der Waals surface area contributed by atoms with Crippen molar-refractivity contribution in [3.05, 3.63) is 0 Å². The lowest BCUT2D eigenvalue weighted by atomic mass is 9.46. The summed E-state index contributed by atoms with van der Waals surface area (Å²) in [4.78, 5) is 11.1. The van der Waals surface area contributed by atoms with E-state index in [4.69, 9.17) is 14.0 Å². The molecule has 32 heavy (non-hydrogen) atoms. The zero-order valence-electron chi connectivity index (χ0n) is 19.4. The highest BCUT2D eigenvalue weighted by molar-refractivity contribution is 7.86. The fourth-order valence-corrected chi connectivity index (χ4v) is 9.56. The molecule has 2 N–H and O–H groups in total. The third-order valence-corrected chi connectivity index (χ3v) is 10.9. The van der Waals surface area contributed by atoms with Gasteiger partial charge in [0.15, 0.2) is 0 Å². The summed E-state index contributed by atoms with van der Waals surface area (Å²) in [6.07, 6.45) is 7.70. The Balaban J connectivity index is 1.35. The van der Waals surface area contributed by atoms with Crippen LogP contribution in [0.15, 0.2) is 0 Å². The number of hydrogen-bond donors (Lipinski definition) is 2. The van der Waals surface area contributed by atoms with E-state index in [-0.39, 0.29) is 41.5 Å². The van der Waals surface area contributed by atoms with Crippen LogP contribution < -0.4 is 0 Å². The van der Waals surface area contributed by atoms with Gasteiger partial charge in [-0.15, -0.1) is 0 Å². The minimum Gasteiger partial charge on any atom is -0.481 e. The lowest BCUT2D eigenvalue weighted by Crippen LogP contribution is -2.59. The Morgan fingerprint density at radius 1 is 1.19 bits per heavy atom. The monoisotopic (exact) mass is 470 g/mol. The van der Waals surface area contributed by atoms with Crippen LogP contribution in [-0.2, 0) is 23.8 Å². The fraction of sp³-hybridized carbons (Fsp3) is 0.958. The molecule has 0 aromatic rings. The van der Waals surface area contributed by atoms with Crippen LogP contribution in [0.1, 0.15) is 71.6 Å². The molecule has 8 heteroatoms. The Bertz CT molecular complexity index is 874. The van der Waals surface area contributed by atoms with Crippen LogP contribution in [0.5, 0.6) is 0 Å². The Hall–Kier alpha value is -0.700. The Kier molecular flexibility index (Phi) is 5.52. The molecule has 1 heterocycles. The van der Waals surface area contributed by atoms with E-state index >= 15 is 0 Å². The number of ether oxygens (including phenoxy) is 1. The van der Waals surface area contributed by atoms with Crippen LogP contribution in [-0.4, -0.2) is 54.8 Å². The molecule has 5 rings (SSSR count). The van der Waals surface area contributed by atoms with E-state index in [1.54, 1.807) is 0 Å². The maximum atomic E-state index is 11.7. The highest BCUT2D eigenvalue weighted by atomic mass is 32.2. The minimum absolute atomic E-state index is 0.0758. The summed E-state index contributed by atoms with van der Waals surface area (Å²) in [6.45, 7) is 4.53. The number of epoxide rings is 1. The van der Waals surface area contributed by atoms with Crippen molar-refractivity contribution < 1.29 is 32.3 Å². The molecule has 182 valence electrons. The molecule has 0 radical (unpaired) electrons. The van der Waals surface area contributed by atoms with Crippen LogP contribution in [0, 0.1) is 40.9 Å². The van der Waals surface area contributed by atoms with E-state index in [0.29, 0.717) is 42.9 Å². The van der Waals surface area contributed by atoms with Gasteiger partial charge in [-0.3, -0.25) is 8.98 Å². The second kappa shape index (κ2) is 7.65. The maximum Gasteiger partial charge on any atom is 0.303 e. The van der Waals surface area contributed by atoms with Gasteiger partial charge in [0.25, 0.3) is 10.1 Å². The van der Waals surface area contributed by atoms with E-state index in [0.717, 1.165) is 38.4 Å². The van der Waals surface area contributed by atoms with Crippen LogP contribution in [0.2, 0.25) is 0 Å². The molecule has 11 atom stereocenters. The Labute approximate surface area is 191 Å². The van der Waals surface area contributed by atoms with Crippen LogP contribution in [0.4, 0.5) is 0 Å². The maximum absolute atomic E-state index is 11.7. The summed E-state index contributed by atoms with van der Waals surface area (Å²) in [5, 5.41) is 20.5. The van der Waals surface area contributed by atoms with Gasteiger partial charge in [-0.05, 0) is 92.3 Å². The van der Waals surface area contributed by atoms with Gasteiger partial charge in [0.05, 0.1) is 24.6 Å². The predicted molar refractivity (Wildman–Crippen MR) is 117 cm³/mol. The number of carbonyl (C=O) groups is 1. The Morgan fingerprint density at radius 2 is 1.94 bits per heavy atom. The van der Waals surface area contributed by atoms with Crippen LogP contribution in [0.3, 0.4) is 0 Å². The van der Waals surface area contributed by atoms with Gasteiger partial charge in [0.1, 0.15) is 5.60 Å². The lowest BCUT2D eigenvalue weighted by Gasteiger charge is -2.59. The van der Waals surface area contributed by atoms with Crippen molar-refractivity contribution in [3.8, 4) is 0 Å². The van der Waals surface area contributed by atoms with E-state index in [1.165, 1.54) is 0 Å². The van der Waals surface area contributed by atoms with Crippen molar-refractivity contribution in [2.45, 2.75) is 95.5 Å². The zero-order chi connectivity index (χ0) is 23.1. The number of aliphatic hydroxyl groups excluding tert-OH is 1. The Morgan fingerprint density at radius 3 is 2.62 bits per heavy atom. The van der Waals surface area contributed by atoms with Gasteiger partial charge in [-0.2, -0.15) is 8.42 Å². The highest BCUT2D eigenvalue weighted by Crippen LogP contribution is 2.72. The number of carboxylic acid groups (broad SMARTS) is 1. The van der Waals surface area contributed by atoms with Gasteiger partial charge < -0.3 is 14.9 Å². The van der Waals surface area contributed by atoms with E-state index in [9.17, 15) is 18.3 Å². The van der Waals surface area contributed by atoms with E-state index < -0.39 is 22.2 Å². The molecule has 0 aromatic heterocycles. The summed E-state index contributed by atoms with van der Waals surface area (Å²) in [5.74, 6) is 1.17. The molecule has 0 amide bonds. The van der Waals surface area contributed by atoms with Gasteiger partial charge in [-0.1, -0.05) is 13.8 Å². The molecule has 1 saturated heterocycles. The number of carboxylic acids is 1. The van der Waals surface area contributed by atoms with Crippen LogP contribution >= 0.6 is 0 Å². The predicted octanol–water partition coefficient (Wildman–Crippen LogP) is 3.20. The number of aliphatic hydroxyl groups is 1. The third-order valence-electron chi connectivity index (χ3n) is 10.3. The SMILES string of the molecule is C[C@H](CCC(=O)O)[C@H]1CCC2C3C(C[C@@H]4O[C@@]241)[C@@]1(C)CC[C@@H](OS(C)(=O)=O)CC1C[C@H]3O. The lowest BCUT2D eigenvalue weighted by molar-refractivity contribution is -0.147. The second-order valence-electron chi connectivity index (χ2n) is 11.8. The molecule has 1 spiro atoms. The smallest absolute Gasteiger partial charge is 0.303 e. The first kappa shape index (κ1) is 23.1. The standard InChI is InChI=1S/C24H38O7S/c1-13(4-7-21(26)27)16-5-6-17-22-18(12-20-24(16,17)30-20)23(2)9-8-15(31-32(3,28)29)10-14(23)11-19(22)25/h13-20,22,25H,4-12H2,1-3H3,(H,26,27)/t13-,14?,15-,16-,17?,18?,19-,20+,22?,23+,24+/m1/s1. The third kappa shape index (κ3) is 3.55. The number of rotatable bonds is 6. The molecule has 4 unspecified atom stereocenters. The minimum atomic E-state index is -3.48. The summed E-state index contributed by atoms with van der Waals surface area (Å²) < 4.78 is 35.2. The van der Waals surface area contributed by atoms with E-state index in [1.807, 2.05) is 0 Å². The average Bonchev–Trinajstić information content (AvgIpc) is 3.29. The average molecular weight is 471 g/mol. The molecular weight excluding hydrogens is 432 g/mol.